The fourth-order valence-corrected chi connectivity index (χ4v) is 3.45. The Hall–Kier alpha value is -1.08. The Morgan fingerprint density at radius 2 is 1.59 bits per heavy atom. The van der Waals surface area contributed by atoms with Gasteiger partial charge in [0.1, 0.15) is 0 Å². The monoisotopic (exact) mass is 359 g/mol. The third-order valence-electron chi connectivity index (χ3n) is 2.34. The molecule has 0 fully saturated rings. The summed E-state index contributed by atoms with van der Waals surface area (Å²) in [5, 5.41) is 0. The molecule has 0 bridgehead atoms. The molecule has 2 rings (SSSR count). The predicted octanol–water partition coefficient (Wildman–Crippen LogP) is 2.71. The van der Waals surface area contributed by atoms with Crippen molar-refractivity contribution in [2.75, 3.05) is 5.73 Å². The molecule has 0 saturated heterocycles. The average molecular weight is 359 g/mol. The standard InChI is InChI=1S/C12H10INO2S/c13-11-8-10(6-7-12(11)14)17(15,16)9-4-2-1-3-5-9/h1-8H,14H2. The van der Waals surface area contributed by atoms with Crippen molar-refractivity contribution in [2.24, 2.45) is 0 Å². The number of anilines is 1. The van der Waals surface area contributed by atoms with Gasteiger partial charge in [-0.05, 0) is 52.9 Å². The summed E-state index contributed by atoms with van der Waals surface area (Å²) in [7, 11) is -3.44. The van der Waals surface area contributed by atoms with Gasteiger partial charge in [-0.25, -0.2) is 8.42 Å². The fourth-order valence-electron chi connectivity index (χ4n) is 1.41. The second kappa shape index (κ2) is 4.66. The maximum Gasteiger partial charge on any atom is 0.206 e. The van der Waals surface area contributed by atoms with E-state index in [0.29, 0.717) is 10.6 Å². The van der Waals surface area contributed by atoms with Crippen LogP contribution in [0.15, 0.2) is 58.3 Å². The van der Waals surface area contributed by atoms with Crippen LogP contribution in [0.4, 0.5) is 5.69 Å². The Morgan fingerprint density at radius 3 is 2.18 bits per heavy atom. The summed E-state index contributed by atoms with van der Waals surface area (Å²) in [6, 6.07) is 13.1. The number of nitrogen functional groups attached to an aromatic ring is 1. The molecule has 88 valence electrons. The van der Waals surface area contributed by atoms with Crippen LogP contribution in [0.1, 0.15) is 0 Å². The van der Waals surface area contributed by atoms with Crippen molar-refractivity contribution in [1.82, 2.24) is 0 Å². The molecular weight excluding hydrogens is 349 g/mol. The first-order valence-electron chi connectivity index (χ1n) is 4.87. The molecule has 0 atom stereocenters. The van der Waals surface area contributed by atoms with Crippen molar-refractivity contribution >= 4 is 38.1 Å². The van der Waals surface area contributed by atoms with E-state index in [-0.39, 0.29) is 4.90 Å². The zero-order chi connectivity index (χ0) is 12.5. The molecule has 5 heteroatoms. The summed E-state index contributed by atoms with van der Waals surface area (Å²) in [5.41, 5.74) is 6.25. The average Bonchev–Trinajstić information content (AvgIpc) is 2.33. The van der Waals surface area contributed by atoms with Crippen LogP contribution in [0.5, 0.6) is 0 Å². The molecule has 0 aliphatic rings. The Morgan fingerprint density at radius 1 is 0.941 bits per heavy atom. The second-order valence-corrected chi connectivity index (χ2v) is 6.61. The van der Waals surface area contributed by atoms with Crippen molar-refractivity contribution in [3.8, 4) is 0 Å². The minimum absolute atomic E-state index is 0.266. The summed E-state index contributed by atoms with van der Waals surface area (Å²) in [6.45, 7) is 0. The molecule has 2 N–H and O–H groups in total. The third-order valence-corrected chi connectivity index (χ3v) is 5.04. The van der Waals surface area contributed by atoms with Crippen molar-refractivity contribution in [3.63, 3.8) is 0 Å². The smallest absolute Gasteiger partial charge is 0.206 e. The Balaban J connectivity index is 2.57. The molecule has 17 heavy (non-hydrogen) atoms. The van der Waals surface area contributed by atoms with Gasteiger partial charge in [0.05, 0.1) is 9.79 Å². The van der Waals surface area contributed by atoms with Gasteiger partial charge in [0.15, 0.2) is 0 Å². The van der Waals surface area contributed by atoms with E-state index in [2.05, 4.69) is 0 Å². The van der Waals surface area contributed by atoms with Gasteiger partial charge in [-0.2, -0.15) is 0 Å². The Kier molecular flexibility index (Phi) is 3.39. The summed E-state index contributed by atoms with van der Waals surface area (Å²) in [4.78, 5) is 0.558. The van der Waals surface area contributed by atoms with Crippen LogP contribution in [0.3, 0.4) is 0 Å². The van der Waals surface area contributed by atoms with Crippen molar-refractivity contribution in [2.45, 2.75) is 9.79 Å². The van der Waals surface area contributed by atoms with Gasteiger partial charge in [0.25, 0.3) is 0 Å². The SMILES string of the molecule is Nc1ccc(S(=O)(=O)c2ccccc2)cc1I. The van der Waals surface area contributed by atoms with E-state index in [1.807, 2.05) is 22.6 Å². The molecule has 0 amide bonds. The number of hydrogen-bond donors (Lipinski definition) is 1. The number of benzene rings is 2. The molecule has 2 aromatic carbocycles. The van der Waals surface area contributed by atoms with E-state index >= 15 is 0 Å². The van der Waals surface area contributed by atoms with Gasteiger partial charge in [-0.1, -0.05) is 18.2 Å². The van der Waals surface area contributed by atoms with Gasteiger partial charge in [0.2, 0.25) is 9.84 Å². The molecule has 3 nitrogen and oxygen atoms in total. The molecule has 0 saturated carbocycles. The first kappa shape index (κ1) is 12.4. The lowest BCUT2D eigenvalue weighted by Crippen LogP contribution is -2.03. The molecular formula is C12H10INO2S. The largest absolute Gasteiger partial charge is 0.398 e. The van der Waals surface area contributed by atoms with Crippen LogP contribution in [0, 0.1) is 3.57 Å². The molecule has 0 aromatic heterocycles. The maximum absolute atomic E-state index is 12.3. The molecule has 0 aliphatic heterocycles. The first-order valence-corrected chi connectivity index (χ1v) is 7.43. The molecule has 2 aromatic rings. The minimum Gasteiger partial charge on any atom is -0.398 e. The predicted molar refractivity (Wildman–Crippen MR) is 75.5 cm³/mol. The van der Waals surface area contributed by atoms with Crippen molar-refractivity contribution in [1.29, 1.82) is 0 Å². The number of rotatable bonds is 2. The van der Waals surface area contributed by atoms with E-state index in [4.69, 9.17) is 5.73 Å². The van der Waals surface area contributed by atoms with Gasteiger partial charge < -0.3 is 5.73 Å². The maximum atomic E-state index is 12.3. The highest BCUT2D eigenvalue weighted by Crippen LogP contribution is 2.24. The number of hydrogen-bond acceptors (Lipinski definition) is 3. The van der Waals surface area contributed by atoms with Gasteiger partial charge in [-0.15, -0.1) is 0 Å². The van der Waals surface area contributed by atoms with Gasteiger partial charge in [0, 0.05) is 9.26 Å². The van der Waals surface area contributed by atoms with Crippen molar-refractivity contribution < 1.29 is 8.42 Å². The van der Waals surface area contributed by atoms with E-state index < -0.39 is 9.84 Å². The quantitative estimate of drug-likeness (QED) is 0.663. The van der Waals surface area contributed by atoms with E-state index in [9.17, 15) is 8.42 Å². The highest BCUT2D eigenvalue weighted by atomic mass is 127. The van der Waals surface area contributed by atoms with E-state index in [1.165, 1.54) is 6.07 Å². The van der Waals surface area contributed by atoms with Crippen LogP contribution in [0.25, 0.3) is 0 Å². The van der Waals surface area contributed by atoms with E-state index in [1.54, 1.807) is 42.5 Å². The Bertz CT molecular complexity index is 639. The molecule has 0 unspecified atom stereocenters. The Labute approximate surface area is 114 Å². The molecule has 0 aliphatic carbocycles. The van der Waals surface area contributed by atoms with Crippen LogP contribution in [-0.2, 0) is 9.84 Å². The highest BCUT2D eigenvalue weighted by Gasteiger charge is 2.17. The van der Waals surface area contributed by atoms with Crippen LogP contribution in [-0.4, -0.2) is 8.42 Å². The van der Waals surface area contributed by atoms with Crippen molar-refractivity contribution in [3.05, 3.63) is 52.1 Å². The van der Waals surface area contributed by atoms with Crippen LogP contribution >= 0.6 is 22.6 Å². The molecule has 0 spiro atoms. The zero-order valence-corrected chi connectivity index (χ0v) is 11.8. The second-order valence-electron chi connectivity index (χ2n) is 3.50. The molecule has 0 radical (unpaired) electrons. The highest BCUT2D eigenvalue weighted by molar-refractivity contribution is 14.1. The number of sulfone groups is 1. The lowest BCUT2D eigenvalue weighted by atomic mass is 10.3. The van der Waals surface area contributed by atoms with Crippen LogP contribution < -0.4 is 5.73 Å². The summed E-state index contributed by atoms with van der Waals surface area (Å²) < 4.78 is 25.2. The lowest BCUT2D eigenvalue weighted by molar-refractivity contribution is 0.596. The first-order chi connectivity index (χ1) is 8.01. The van der Waals surface area contributed by atoms with Gasteiger partial charge >= 0.3 is 0 Å². The van der Waals surface area contributed by atoms with E-state index in [0.717, 1.165) is 3.57 Å². The van der Waals surface area contributed by atoms with Gasteiger partial charge in [-0.3, -0.25) is 0 Å². The zero-order valence-electron chi connectivity index (χ0n) is 8.80. The summed E-state index contributed by atoms with van der Waals surface area (Å²) in [6.07, 6.45) is 0. The summed E-state index contributed by atoms with van der Waals surface area (Å²) >= 11 is 2.02. The third kappa shape index (κ3) is 2.44. The molecule has 0 heterocycles. The minimum atomic E-state index is -3.44. The number of nitrogens with two attached hydrogens (primary N) is 1. The summed E-state index contributed by atoms with van der Waals surface area (Å²) in [5.74, 6) is 0. The number of halogens is 1. The normalized spacial score (nSPS) is 11.4. The van der Waals surface area contributed by atoms with Crippen LogP contribution in [0.2, 0.25) is 0 Å². The fraction of sp³-hybridized carbons (Fsp3) is 0. The lowest BCUT2D eigenvalue weighted by Gasteiger charge is -2.06. The topological polar surface area (TPSA) is 60.2 Å².